The highest BCUT2D eigenvalue weighted by atomic mass is 32.2. The van der Waals surface area contributed by atoms with Crippen LogP contribution < -0.4 is 10.6 Å². The zero-order valence-electron chi connectivity index (χ0n) is 9.66. The Hall–Kier alpha value is -0.100. The Labute approximate surface area is 105 Å². The second kappa shape index (κ2) is 6.59. The SMILES string of the molecule is Cc1csc(CCNCC2CSCCN2)n1. The number of hydrogen-bond acceptors (Lipinski definition) is 5. The van der Waals surface area contributed by atoms with E-state index in [2.05, 4.69) is 27.9 Å². The molecule has 0 bridgehead atoms. The van der Waals surface area contributed by atoms with Gasteiger partial charge in [-0.1, -0.05) is 0 Å². The molecule has 1 atom stereocenters. The number of nitrogens with one attached hydrogen (secondary N) is 2. The molecule has 3 nitrogen and oxygen atoms in total. The third-order valence-electron chi connectivity index (χ3n) is 2.57. The molecule has 2 rings (SSSR count). The van der Waals surface area contributed by atoms with Crippen LogP contribution in [0, 0.1) is 6.92 Å². The third-order valence-corrected chi connectivity index (χ3v) is 4.73. The first-order valence-corrected chi connectivity index (χ1v) is 7.81. The summed E-state index contributed by atoms with van der Waals surface area (Å²) < 4.78 is 0. The zero-order chi connectivity index (χ0) is 11.2. The van der Waals surface area contributed by atoms with E-state index in [0.29, 0.717) is 6.04 Å². The first-order chi connectivity index (χ1) is 7.84. The molecule has 1 unspecified atom stereocenters. The van der Waals surface area contributed by atoms with E-state index < -0.39 is 0 Å². The van der Waals surface area contributed by atoms with Crippen molar-refractivity contribution in [3.05, 3.63) is 16.1 Å². The van der Waals surface area contributed by atoms with E-state index >= 15 is 0 Å². The van der Waals surface area contributed by atoms with Gasteiger partial charge in [0.1, 0.15) is 0 Å². The maximum Gasteiger partial charge on any atom is 0.0940 e. The Morgan fingerprint density at radius 1 is 1.62 bits per heavy atom. The van der Waals surface area contributed by atoms with Crippen LogP contribution in [0.1, 0.15) is 10.7 Å². The lowest BCUT2D eigenvalue weighted by molar-refractivity contribution is 0.515. The summed E-state index contributed by atoms with van der Waals surface area (Å²) in [6.07, 6.45) is 1.05. The molecule has 1 aliphatic rings. The summed E-state index contributed by atoms with van der Waals surface area (Å²) in [5.74, 6) is 2.50. The summed E-state index contributed by atoms with van der Waals surface area (Å²) in [5.41, 5.74) is 1.14. The average molecular weight is 257 g/mol. The van der Waals surface area contributed by atoms with Crippen LogP contribution in [0.15, 0.2) is 5.38 Å². The Morgan fingerprint density at radius 2 is 2.56 bits per heavy atom. The lowest BCUT2D eigenvalue weighted by Crippen LogP contribution is -2.44. The number of hydrogen-bond donors (Lipinski definition) is 2. The predicted octanol–water partition coefficient (Wildman–Crippen LogP) is 1.29. The van der Waals surface area contributed by atoms with E-state index in [0.717, 1.165) is 31.7 Å². The number of rotatable bonds is 5. The summed E-state index contributed by atoms with van der Waals surface area (Å²) in [5, 5.41) is 10.4. The van der Waals surface area contributed by atoms with E-state index in [1.165, 1.54) is 16.5 Å². The molecule has 5 heteroatoms. The summed E-state index contributed by atoms with van der Waals surface area (Å²) in [6.45, 7) is 5.33. The number of aryl methyl sites for hydroxylation is 1. The number of thioether (sulfide) groups is 1. The monoisotopic (exact) mass is 257 g/mol. The fraction of sp³-hybridized carbons (Fsp3) is 0.727. The smallest absolute Gasteiger partial charge is 0.0940 e. The van der Waals surface area contributed by atoms with Gasteiger partial charge in [-0.15, -0.1) is 11.3 Å². The normalized spacial score (nSPS) is 21.2. The van der Waals surface area contributed by atoms with Gasteiger partial charge < -0.3 is 10.6 Å². The number of thiazole rings is 1. The van der Waals surface area contributed by atoms with Crippen molar-refractivity contribution in [1.29, 1.82) is 0 Å². The first kappa shape index (κ1) is 12.4. The van der Waals surface area contributed by atoms with Gasteiger partial charge in [0.15, 0.2) is 0 Å². The molecular formula is C11H19N3S2. The highest BCUT2D eigenvalue weighted by Crippen LogP contribution is 2.09. The third kappa shape index (κ3) is 4.05. The van der Waals surface area contributed by atoms with Gasteiger partial charge in [-0.2, -0.15) is 11.8 Å². The molecule has 2 heterocycles. The minimum Gasteiger partial charge on any atom is -0.315 e. The second-order valence-electron chi connectivity index (χ2n) is 4.06. The Balaban J connectivity index is 1.57. The molecule has 0 aliphatic carbocycles. The molecule has 2 N–H and O–H groups in total. The van der Waals surface area contributed by atoms with Gasteiger partial charge in [0.05, 0.1) is 5.01 Å². The van der Waals surface area contributed by atoms with Crippen LogP contribution in [0.4, 0.5) is 0 Å². The Morgan fingerprint density at radius 3 is 3.25 bits per heavy atom. The van der Waals surface area contributed by atoms with Gasteiger partial charge in [0.25, 0.3) is 0 Å². The van der Waals surface area contributed by atoms with Crippen LogP contribution in [0.5, 0.6) is 0 Å². The molecule has 1 aromatic heterocycles. The molecule has 1 fully saturated rings. The largest absolute Gasteiger partial charge is 0.315 e. The fourth-order valence-electron chi connectivity index (χ4n) is 1.74. The van der Waals surface area contributed by atoms with Gasteiger partial charge in [-0.05, 0) is 6.92 Å². The molecule has 16 heavy (non-hydrogen) atoms. The van der Waals surface area contributed by atoms with Crippen molar-refractivity contribution < 1.29 is 0 Å². The predicted molar refractivity (Wildman–Crippen MR) is 72.5 cm³/mol. The average Bonchev–Trinajstić information content (AvgIpc) is 2.72. The van der Waals surface area contributed by atoms with Gasteiger partial charge >= 0.3 is 0 Å². The van der Waals surface area contributed by atoms with Gasteiger partial charge in [0, 0.05) is 54.7 Å². The molecule has 0 amide bonds. The Bertz CT molecular complexity index is 308. The van der Waals surface area contributed by atoms with Crippen molar-refractivity contribution in [2.24, 2.45) is 0 Å². The van der Waals surface area contributed by atoms with Crippen LogP contribution in [0.2, 0.25) is 0 Å². The summed E-state index contributed by atoms with van der Waals surface area (Å²) in [7, 11) is 0. The number of aromatic nitrogens is 1. The lowest BCUT2D eigenvalue weighted by atomic mass is 10.3. The van der Waals surface area contributed by atoms with Gasteiger partial charge in [0.2, 0.25) is 0 Å². The van der Waals surface area contributed by atoms with Crippen molar-refractivity contribution in [3.63, 3.8) is 0 Å². The summed E-state index contributed by atoms with van der Waals surface area (Å²) >= 11 is 3.81. The van der Waals surface area contributed by atoms with E-state index in [-0.39, 0.29) is 0 Å². The zero-order valence-corrected chi connectivity index (χ0v) is 11.3. The first-order valence-electron chi connectivity index (χ1n) is 5.77. The second-order valence-corrected chi connectivity index (χ2v) is 6.16. The highest BCUT2D eigenvalue weighted by Gasteiger charge is 2.11. The molecule has 90 valence electrons. The fourth-order valence-corrected chi connectivity index (χ4v) is 3.46. The van der Waals surface area contributed by atoms with Crippen molar-refractivity contribution in [2.75, 3.05) is 31.1 Å². The summed E-state index contributed by atoms with van der Waals surface area (Å²) in [6, 6.07) is 0.650. The van der Waals surface area contributed by atoms with Crippen molar-refractivity contribution in [1.82, 2.24) is 15.6 Å². The van der Waals surface area contributed by atoms with Crippen molar-refractivity contribution >= 4 is 23.1 Å². The minimum absolute atomic E-state index is 0.650. The standard InChI is InChI=1S/C11H19N3S2/c1-9-7-16-11(14-9)2-3-12-6-10-8-15-5-4-13-10/h7,10,12-13H,2-6,8H2,1H3. The molecule has 0 aromatic carbocycles. The molecule has 0 spiro atoms. The van der Waals surface area contributed by atoms with Crippen molar-refractivity contribution in [2.45, 2.75) is 19.4 Å². The van der Waals surface area contributed by atoms with Gasteiger partial charge in [-0.25, -0.2) is 4.98 Å². The maximum atomic E-state index is 4.45. The molecular weight excluding hydrogens is 238 g/mol. The van der Waals surface area contributed by atoms with Crippen LogP contribution in [0.25, 0.3) is 0 Å². The molecule has 0 radical (unpaired) electrons. The van der Waals surface area contributed by atoms with Crippen LogP contribution >= 0.6 is 23.1 Å². The van der Waals surface area contributed by atoms with Gasteiger partial charge in [-0.3, -0.25) is 0 Å². The Kier molecular flexibility index (Phi) is 5.09. The molecule has 0 saturated carbocycles. The van der Waals surface area contributed by atoms with Crippen molar-refractivity contribution in [3.8, 4) is 0 Å². The van der Waals surface area contributed by atoms with E-state index in [1.807, 2.05) is 11.8 Å². The van der Waals surface area contributed by atoms with E-state index in [9.17, 15) is 0 Å². The topological polar surface area (TPSA) is 37.0 Å². The molecule has 1 aromatic rings. The summed E-state index contributed by atoms with van der Waals surface area (Å²) in [4.78, 5) is 4.45. The minimum atomic E-state index is 0.650. The quantitative estimate of drug-likeness (QED) is 0.780. The maximum absolute atomic E-state index is 4.45. The molecule has 1 aliphatic heterocycles. The number of nitrogens with zero attached hydrogens (tertiary/aromatic N) is 1. The van der Waals surface area contributed by atoms with Crippen LogP contribution in [-0.2, 0) is 6.42 Å². The highest BCUT2D eigenvalue weighted by molar-refractivity contribution is 7.99. The molecule has 1 saturated heterocycles. The van der Waals surface area contributed by atoms with Crippen LogP contribution in [0.3, 0.4) is 0 Å². The van der Waals surface area contributed by atoms with Crippen LogP contribution in [-0.4, -0.2) is 42.2 Å². The van der Waals surface area contributed by atoms with E-state index in [1.54, 1.807) is 11.3 Å². The lowest BCUT2D eigenvalue weighted by Gasteiger charge is -2.23. The van der Waals surface area contributed by atoms with E-state index in [4.69, 9.17) is 0 Å².